The summed E-state index contributed by atoms with van der Waals surface area (Å²) < 4.78 is 0. The highest BCUT2D eigenvalue weighted by atomic mass is 16.3. The lowest BCUT2D eigenvalue weighted by Gasteiger charge is -2.32. The molecule has 2 aliphatic carbocycles. The van der Waals surface area contributed by atoms with Crippen LogP contribution in [0, 0.1) is 0 Å². The van der Waals surface area contributed by atoms with Crippen molar-refractivity contribution in [3.8, 4) is 5.75 Å². The van der Waals surface area contributed by atoms with Crippen molar-refractivity contribution in [1.29, 1.82) is 0 Å². The number of hydrogen-bond acceptors (Lipinski definition) is 7. The molecule has 1 atom stereocenters. The predicted molar refractivity (Wildman–Crippen MR) is 103 cm³/mol. The van der Waals surface area contributed by atoms with Gasteiger partial charge < -0.3 is 25.3 Å². The SMILES string of the molecule is CN(C)c1ccc(C2=C(O)C(=C3C=CC(O)(N(C)C)C=C3O)C2=O)c(O)c1. The molecule has 0 spiro atoms. The lowest BCUT2D eigenvalue weighted by molar-refractivity contribution is -0.111. The van der Waals surface area contributed by atoms with Crippen LogP contribution in [-0.4, -0.2) is 65.0 Å². The topological polar surface area (TPSA) is 104 Å². The summed E-state index contributed by atoms with van der Waals surface area (Å²) in [7, 11) is 6.91. The number of benzene rings is 1. The standard InChI is InChI=1S/C20H22N2O5/c1-21(2)11-5-6-12(14(23)9-11)16-18(25)17(19(16)26)13-7-8-20(27,22(3)4)10-15(13)24/h5-10,23-25,27H,1-4H3. The number of aliphatic hydroxyl groups is 3. The van der Waals surface area contributed by atoms with Crippen molar-refractivity contribution in [3.05, 3.63) is 64.7 Å². The van der Waals surface area contributed by atoms with Crippen LogP contribution >= 0.6 is 0 Å². The molecule has 0 saturated heterocycles. The molecule has 7 heteroatoms. The van der Waals surface area contributed by atoms with Gasteiger partial charge in [0.2, 0.25) is 5.78 Å². The molecule has 0 saturated carbocycles. The number of anilines is 1. The number of likely N-dealkylation sites (N-methyl/N-ethyl adjacent to an activating group) is 1. The molecule has 0 amide bonds. The number of hydrogen-bond donors (Lipinski definition) is 4. The van der Waals surface area contributed by atoms with Gasteiger partial charge in [-0.25, -0.2) is 0 Å². The van der Waals surface area contributed by atoms with Crippen LogP contribution in [0.25, 0.3) is 5.57 Å². The number of rotatable bonds is 3. The number of carbonyl (C=O) groups excluding carboxylic acids is 1. The van der Waals surface area contributed by atoms with Crippen LogP contribution < -0.4 is 4.90 Å². The summed E-state index contributed by atoms with van der Waals surface area (Å²) in [6.45, 7) is 0. The molecular formula is C20H22N2O5. The van der Waals surface area contributed by atoms with Crippen molar-refractivity contribution in [2.45, 2.75) is 5.72 Å². The van der Waals surface area contributed by atoms with Gasteiger partial charge in [0.05, 0.1) is 11.1 Å². The van der Waals surface area contributed by atoms with Crippen LogP contribution in [0.15, 0.2) is 59.1 Å². The van der Waals surface area contributed by atoms with Crippen molar-refractivity contribution in [1.82, 2.24) is 4.90 Å². The monoisotopic (exact) mass is 370 g/mol. The molecule has 2 aliphatic rings. The average Bonchev–Trinajstić information content (AvgIpc) is 2.59. The smallest absolute Gasteiger partial charge is 0.202 e. The summed E-state index contributed by atoms with van der Waals surface area (Å²) in [5.41, 5.74) is -0.441. The van der Waals surface area contributed by atoms with Gasteiger partial charge in [0.15, 0.2) is 5.72 Å². The van der Waals surface area contributed by atoms with E-state index in [1.54, 1.807) is 31.1 Å². The van der Waals surface area contributed by atoms with Crippen molar-refractivity contribution in [2.24, 2.45) is 0 Å². The molecule has 142 valence electrons. The van der Waals surface area contributed by atoms with E-state index in [-0.39, 0.29) is 39.6 Å². The molecular weight excluding hydrogens is 348 g/mol. The van der Waals surface area contributed by atoms with E-state index in [4.69, 9.17) is 0 Å². The lowest BCUT2D eigenvalue weighted by Crippen LogP contribution is -2.42. The molecule has 1 aromatic carbocycles. The largest absolute Gasteiger partial charge is 0.507 e. The minimum absolute atomic E-state index is 0.00468. The quantitative estimate of drug-likeness (QED) is 0.476. The van der Waals surface area contributed by atoms with Gasteiger partial charge >= 0.3 is 0 Å². The van der Waals surface area contributed by atoms with Crippen LogP contribution in [0.2, 0.25) is 0 Å². The number of Topliss-reactive ketones (excluding diaryl/α,β-unsaturated/α-hetero) is 1. The van der Waals surface area contributed by atoms with E-state index in [2.05, 4.69) is 0 Å². The molecule has 1 aromatic rings. The Hall–Kier alpha value is -3.03. The summed E-state index contributed by atoms with van der Waals surface area (Å²) in [6.07, 6.45) is 4.00. The summed E-state index contributed by atoms with van der Waals surface area (Å²) in [6, 6.07) is 4.79. The molecule has 4 N–H and O–H groups in total. The van der Waals surface area contributed by atoms with E-state index in [1.807, 2.05) is 14.1 Å². The zero-order valence-electron chi connectivity index (χ0n) is 15.6. The highest BCUT2D eigenvalue weighted by Gasteiger charge is 2.40. The van der Waals surface area contributed by atoms with E-state index in [1.165, 1.54) is 29.2 Å². The third-order valence-corrected chi connectivity index (χ3v) is 4.80. The Morgan fingerprint density at radius 2 is 1.67 bits per heavy atom. The minimum Gasteiger partial charge on any atom is -0.507 e. The first-order valence-corrected chi connectivity index (χ1v) is 8.31. The van der Waals surface area contributed by atoms with Gasteiger partial charge in [0, 0.05) is 43.1 Å². The highest BCUT2D eigenvalue weighted by molar-refractivity contribution is 6.39. The van der Waals surface area contributed by atoms with Crippen LogP contribution in [0.5, 0.6) is 5.75 Å². The Labute approximate surface area is 157 Å². The van der Waals surface area contributed by atoms with Crippen molar-refractivity contribution < 1.29 is 25.2 Å². The number of allylic oxidation sites excluding steroid dienone is 3. The predicted octanol–water partition coefficient (Wildman–Crippen LogP) is 1.87. The first-order chi connectivity index (χ1) is 12.6. The maximum Gasteiger partial charge on any atom is 0.202 e. The summed E-state index contributed by atoms with van der Waals surface area (Å²) >= 11 is 0. The number of aliphatic hydroxyl groups excluding tert-OH is 2. The maximum absolute atomic E-state index is 12.6. The third kappa shape index (κ3) is 2.90. The Bertz CT molecular complexity index is 953. The van der Waals surface area contributed by atoms with Gasteiger partial charge in [-0.15, -0.1) is 0 Å². The normalized spacial score (nSPS) is 25.0. The number of nitrogens with zero attached hydrogens (tertiary/aromatic N) is 2. The Balaban J connectivity index is 2.04. The van der Waals surface area contributed by atoms with E-state index in [9.17, 15) is 25.2 Å². The van der Waals surface area contributed by atoms with Crippen LogP contribution in [0.4, 0.5) is 5.69 Å². The molecule has 0 radical (unpaired) electrons. The molecule has 7 nitrogen and oxygen atoms in total. The molecule has 3 rings (SSSR count). The molecule has 1 unspecified atom stereocenters. The zero-order valence-corrected chi connectivity index (χ0v) is 15.6. The number of phenolic OH excluding ortho intramolecular Hbond substituents is 1. The summed E-state index contributed by atoms with van der Waals surface area (Å²) in [5.74, 6) is -1.23. The second-order valence-corrected chi connectivity index (χ2v) is 6.98. The van der Waals surface area contributed by atoms with Gasteiger partial charge in [0.25, 0.3) is 0 Å². The number of carbonyl (C=O) groups is 1. The van der Waals surface area contributed by atoms with Gasteiger partial charge in [-0.3, -0.25) is 9.69 Å². The first kappa shape index (κ1) is 18.8. The number of aromatic hydroxyl groups is 1. The average molecular weight is 370 g/mol. The number of ketones is 1. The molecule has 0 aromatic heterocycles. The van der Waals surface area contributed by atoms with Crippen LogP contribution in [-0.2, 0) is 4.79 Å². The molecule has 0 heterocycles. The minimum atomic E-state index is -1.48. The fraction of sp³-hybridized carbons (Fsp3) is 0.250. The fourth-order valence-corrected chi connectivity index (χ4v) is 3.02. The van der Waals surface area contributed by atoms with E-state index in [0.717, 1.165) is 5.69 Å². The Morgan fingerprint density at radius 3 is 2.15 bits per heavy atom. The van der Waals surface area contributed by atoms with Gasteiger partial charge in [-0.05, 0) is 38.4 Å². The fourth-order valence-electron chi connectivity index (χ4n) is 3.02. The summed E-state index contributed by atoms with van der Waals surface area (Å²) in [4.78, 5) is 15.9. The van der Waals surface area contributed by atoms with Crippen molar-refractivity contribution in [3.63, 3.8) is 0 Å². The van der Waals surface area contributed by atoms with Gasteiger partial charge in [-0.2, -0.15) is 0 Å². The van der Waals surface area contributed by atoms with Gasteiger partial charge in [-0.1, -0.05) is 0 Å². The maximum atomic E-state index is 12.6. The van der Waals surface area contributed by atoms with Gasteiger partial charge in [0.1, 0.15) is 17.3 Å². The third-order valence-electron chi connectivity index (χ3n) is 4.80. The molecule has 0 aliphatic heterocycles. The second-order valence-electron chi connectivity index (χ2n) is 6.98. The Kier molecular flexibility index (Phi) is 4.37. The van der Waals surface area contributed by atoms with E-state index < -0.39 is 11.5 Å². The Morgan fingerprint density at radius 1 is 1.00 bits per heavy atom. The highest BCUT2D eigenvalue weighted by Crippen LogP contribution is 2.43. The van der Waals surface area contributed by atoms with Crippen molar-refractivity contribution in [2.75, 3.05) is 33.1 Å². The summed E-state index contributed by atoms with van der Waals surface area (Å²) in [5, 5.41) is 41.3. The van der Waals surface area contributed by atoms with E-state index >= 15 is 0 Å². The molecule has 0 fully saturated rings. The molecule has 27 heavy (non-hydrogen) atoms. The van der Waals surface area contributed by atoms with Crippen LogP contribution in [0.3, 0.4) is 0 Å². The number of phenols is 1. The van der Waals surface area contributed by atoms with Crippen LogP contribution in [0.1, 0.15) is 5.56 Å². The zero-order chi connectivity index (χ0) is 20.1. The second kappa shape index (κ2) is 6.29. The molecule has 0 bridgehead atoms. The van der Waals surface area contributed by atoms with Crippen molar-refractivity contribution >= 4 is 17.0 Å². The van der Waals surface area contributed by atoms with E-state index in [0.29, 0.717) is 0 Å². The lowest BCUT2D eigenvalue weighted by atomic mass is 9.79. The first-order valence-electron chi connectivity index (χ1n) is 8.31.